The Balaban J connectivity index is 0.000000321. The summed E-state index contributed by atoms with van der Waals surface area (Å²) in [4.78, 5) is 0. The highest BCUT2D eigenvalue weighted by atomic mass is 35.5. The first kappa shape index (κ1) is 17.6. The van der Waals surface area contributed by atoms with Crippen LogP contribution in [0.3, 0.4) is 0 Å². The van der Waals surface area contributed by atoms with Gasteiger partial charge in [0.25, 0.3) is 0 Å². The highest BCUT2D eigenvalue weighted by Crippen LogP contribution is 2.21. The lowest BCUT2D eigenvalue weighted by Crippen LogP contribution is -1.97. The lowest BCUT2D eigenvalue weighted by atomic mass is 10.1. The van der Waals surface area contributed by atoms with Crippen LogP contribution in [-0.2, 0) is 0 Å². The first-order valence-corrected chi connectivity index (χ1v) is 7.28. The number of benzene rings is 1. The number of anilines is 1. The molecule has 0 aliphatic heterocycles. The maximum Gasteiger partial charge on any atom is 0.0636 e. The fraction of sp³-hybridized carbons (Fsp3) is 0.571. The molecule has 0 atom stereocenters. The van der Waals surface area contributed by atoms with E-state index < -0.39 is 0 Å². The van der Waals surface area contributed by atoms with E-state index in [-0.39, 0.29) is 0 Å². The number of unbranched alkanes of at least 4 members (excludes halogenated alkanes) is 5. The molecule has 4 N–H and O–H groups in total. The molecule has 0 unspecified atom stereocenters. The van der Waals surface area contributed by atoms with E-state index in [1.165, 1.54) is 38.5 Å². The van der Waals surface area contributed by atoms with Crippen LogP contribution in [0.5, 0.6) is 0 Å². The van der Waals surface area contributed by atoms with Crippen LogP contribution in [0.25, 0.3) is 0 Å². The molecule has 0 aliphatic rings. The van der Waals surface area contributed by atoms with Crippen LogP contribution in [0.1, 0.15) is 45.4 Å². The average Bonchev–Trinajstić information content (AvgIpc) is 2.35. The van der Waals surface area contributed by atoms with Gasteiger partial charge in [0.15, 0.2) is 0 Å². The monoisotopic (exact) mass is 290 g/mol. The fourth-order valence-corrected chi connectivity index (χ4v) is 1.74. The highest BCUT2D eigenvalue weighted by molar-refractivity contribution is 6.35. The SMILES string of the molecule is CCCCCCCCN.Nc1cc(Cl)ccc1Cl. The molecule has 0 aliphatic carbocycles. The molecule has 0 aromatic heterocycles. The molecule has 18 heavy (non-hydrogen) atoms. The highest BCUT2D eigenvalue weighted by Gasteiger charge is 1.93. The lowest BCUT2D eigenvalue weighted by Gasteiger charge is -1.96. The van der Waals surface area contributed by atoms with Crippen LogP contribution in [0.2, 0.25) is 10.0 Å². The summed E-state index contributed by atoms with van der Waals surface area (Å²) in [5.41, 5.74) is 11.3. The van der Waals surface area contributed by atoms with E-state index in [1.54, 1.807) is 18.2 Å². The van der Waals surface area contributed by atoms with Crippen molar-refractivity contribution in [1.82, 2.24) is 0 Å². The maximum atomic E-state index is 5.60. The van der Waals surface area contributed by atoms with E-state index >= 15 is 0 Å². The van der Waals surface area contributed by atoms with Gasteiger partial charge in [-0.3, -0.25) is 0 Å². The van der Waals surface area contributed by atoms with Gasteiger partial charge in [0.05, 0.1) is 10.7 Å². The Morgan fingerprint density at radius 3 is 2.11 bits per heavy atom. The van der Waals surface area contributed by atoms with Crippen LogP contribution >= 0.6 is 23.2 Å². The Morgan fingerprint density at radius 2 is 1.61 bits per heavy atom. The van der Waals surface area contributed by atoms with Crippen molar-refractivity contribution in [1.29, 1.82) is 0 Å². The van der Waals surface area contributed by atoms with Gasteiger partial charge in [-0.05, 0) is 31.2 Å². The molecule has 0 amide bonds. The van der Waals surface area contributed by atoms with Gasteiger partial charge in [-0.2, -0.15) is 0 Å². The second-order valence-electron chi connectivity index (χ2n) is 4.22. The molecular weight excluding hydrogens is 267 g/mol. The molecule has 0 radical (unpaired) electrons. The zero-order chi connectivity index (χ0) is 13.8. The molecule has 104 valence electrons. The van der Waals surface area contributed by atoms with Gasteiger partial charge in [-0.15, -0.1) is 0 Å². The number of nitrogens with two attached hydrogens (primary N) is 2. The maximum absolute atomic E-state index is 5.60. The molecule has 1 aromatic carbocycles. The summed E-state index contributed by atoms with van der Waals surface area (Å²) in [5.74, 6) is 0. The second-order valence-corrected chi connectivity index (χ2v) is 5.07. The number of hydrogen-bond donors (Lipinski definition) is 2. The normalized spacial score (nSPS) is 9.78. The van der Waals surface area contributed by atoms with E-state index in [0.29, 0.717) is 15.7 Å². The van der Waals surface area contributed by atoms with Crippen molar-refractivity contribution in [2.75, 3.05) is 12.3 Å². The molecular formula is C14H24Cl2N2. The molecule has 4 heteroatoms. The van der Waals surface area contributed by atoms with Crippen molar-refractivity contribution in [3.8, 4) is 0 Å². The van der Waals surface area contributed by atoms with Gasteiger partial charge < -0.3 is 11.5 Å². The van der Waals surface area contributed by atoms with Crippen LogP contribution in [0.4, 0.5) is 5.69 Å². The minimum absolute atomic E-state index is 0.518. The Morgan fingerprint density at radius 1 is 1.00 bits per heavy atom. The van der Waals surface area contributed by atoms with Gasteiger partial charge in [0.1, 0.15) is 0 Å². The summed E-state index contributed by atoms with van der Waals surface area (Å²) in [6, 6.07) is 4.98. The summed E-state index contributed by atoms with van der Waals surface area (Å²) < 4.78 is 0. The number of rotatable bonds is 6. The molecule has 0 spiro atoms. The summed E-state index contributed by atoms with van der Waals surface area (Å²) in [6.45, 7) is 3.11. The summed E-state index contributed by atoms with van der Waals surface area (Å²) in [7, 11) is 0. The molecule has 0 saturated carbocycles. The van der Waals surface area contributed by atoms with E-state index in [1.807, 2.05) is 0 Å². The van der Waals surface area contributed by atoms with Crippen molar-refractivity contribution in [3.63, 3.8) is 0 Å². The molecule has 0 heterocycles. The van der Waals surface area contributed by atoms with Gasteiger partial charge >= 0.3 is 0 Å². The first-order valence-electron chi connectivity index (χ1n) is 6.52. The quantitative estimate of drug-likeness (QED) is 0.579. The van der Waals surface area contributed by atoms with Crippen molar-refractivity contribution in [3.05, 3.63) is 28.2 Å². The van der Waals surface area contributed by atoms with Crippen LogP contribution in [-0.4, -0.2) is 6.54 Å². The average molecular weight is 291 g/mol. The summed E-state index contributed by atoms with van der Waals surface area (Å²) >= 11 is 11.2. The standard InChI is InChI=1S/C8H19N.C6H5Cl2N/c1-2-3-4-5-6-7-8-9;7-4-1-2-5(8)6(9)3-4/h2-9H2,1H3;1-3H,9H2. The Bertz CT molecular complexity index is 311. The third-order valence-corrected chi connectivity index (χ3v) is 3.10. The molecule has 1 aromatic rings. The molecule has 0 fully saturated rings. The number of halogens is 2. The van der Waals surface area contributed by atoms with Gasteiger partial charge in [-0.1, -0.05) is 62.2 Å². The van der Waals surface area contributed by atoms with Gasteiger partial charge in [-0.25, -0.2) is 0 Å². The fourth-order valence-electron chi connectivity index (χ4n) is 1.44. The summed E-state index contributed by atoms with van der Waals surface area (Å²) in [6.07, 6.45) is 8.05. The number of nitrogen functional groups attached to an aromatic ring is 1. The molecule has 1 rings (SSSR count). The third kappa shape index (κ3) is 9.58. The van der Waals surface area contributed by atoms with Crippen molar-refractivity contribution in [2.24, 2.45) is 5.73 Å². The predicted molar refractivity (Wildman–Crippen MR) is 83.3 cm³/mol. The zero-order valence-corrected chi connectivity index (χ0v) is 12.6. The largest absolute Gasteiger partial charge is 0.397 e. The third-order valence-electron chi connectivity index (χ3n) is 2.52. The first-order chi connectivity index (χ1) is 8.61. The Kier molecular flexibility index (Phi) is 11.4. The van der Waals surface area contributed by atoms with E-state index in [2.05, 4.69) is 6.92 Å². The molecule has 2 nitrogen and oxygen atoms in total. The minimum atomic E-state index is 0.518. The van der Waals surface area contributed by atoms with Crippen LogP contribution in [0.15, 0.2) is 18.2 Å². The number of hydrogen-bond acceptors (Lipinski definition) is 2. The molecule has 0 saturated heterocycles. The van der Waals surface area contributed by atoms with Crippen LogP contribution < -0.4 is 11.5 Å². The summed E-state index contributed by atoms with van der Waals surface area (Å²) in [5, 5.41) is 1.15. The van der Waals surface area contributed by atoms with Crippen molar-refractivity contribution < 1.29 is 0 Å². The Hall–Kier alpha value is -0.440. The lowest BCUT2D eigenvalue weighted by molar-refractivity contribution is 0.612. The topological polar surface area (TPSA) is 52.0 Å². The van der Waals surface area contributed by atoms with Crippen molar-refractivity contribution >= 4 is 28.9 Å². The smallest absolute Gasteiger partial charge is 0.0636 e. The second kappa shape index (κ2) is 11.6. The van der Waals surface area contributed by atoms with E-state index in [0.717, 1.165) is 6.54 Å². The Labute approximate surface area is 121 Å². The van der Waals surface area contributed by atoms with Gasteiger partial charge in [0.2, 0.25) is 0 Å². The minimum Gasteiger partial charge on any atom is -0.397 e. The van der Waals surface area contributed by atoms with E-state index in [9.17, 15) is 0 Å². The van der Waals surface area contributed by atoms with E-state index in [4.69, 9.17) is 34.7 Å². The van der Waals surface area contributed by atoms with Crippen LogP contribution in [0, 0.1) is 0 Å². The predicted octanol–water partition coefficient (Wildman–Crippen LogP) is 4.88. The molecule has 0 bridgehead atoms. The van der Waals surface area contributed by atoms with Gasteiger partial charge in [0, 0.05) is 5.02 Å². The zero-order valence-electron chi connectivity index (χ0n) is 11.1. The van der Waals surface area contributed by atoms with Crippen molar-refractivity contribution in [2.45, 2.75) is 45.4 Å².